The summed E-state index contributed by atoms with van der Waals surface area (Å²) in [5.41, 5.74) is 1.47. The van der Waals surface area contributed by atoms with Gasteiger partial charge in [-0.05, 0) is 37.2 Å². The van der Waals surface area contributed by atoms with E-state index >= 15 is 0 Å². The highest BCUT2D eigenvalue weighted by Gasteiger charge is 2.27. The second-order valence-electron chi connectivity index (χ2n) is 3.35. The maximum absolute atomic E-state index is 4.10. The quantitative estimate of drug-likeness (QED) is 0.570. The molecule has 2 rings (SSSR count). The molecule has 1 aliphatic carbocycles. The van der Waals surface area contributed by atoms with Crippen molar-refractivity contribution in [1.29, 1.82) is 0 Å². The van der Waals surface area contributed by atoms with Crippen LogP contribution in [0.2, 0.25) is 0 Å². The molecule has 0 spiro atoms. The number of hydrogen-bond donors (Lipinski definition) is 0. The fourth-order valence-electron chi connectivity index (χ4n) is 1.71. The molecule has 0 nitrogen and oxygen atoms in total. The Labute approximate surface area is 68.3 Å². The fraction of sp³-hybridized carbons (Fsp3) is 0.364. The Morgan fingerprint density at radius 3 is 2.27 bits per heavy atom. The van der Waals surface area contributed by atoms with Crippen LogP contribution >= 0.6 is 0 Å². The largest absolute Gasteiger partial charge is 0.0622 e. The van der Waals surface area contributed by atoms with E-state index < -0.39 is 0 Å². The summed E-state index contributed by atoms with van der Waals surface area (Å²) < 4.78 is 0. The Morgan fingerprint density at radius 2 is 1.82 bits per heavy atom. The van der Waals surface area contributed by atoms with Gasteiger partial charge >= 0.3 is 0 Å². The summed E-state index contributed by atoms with van der Waals surface area (Å²) in [6.45, 7) is 4.10. The van der Waals surface area contributed by atoms with Gasteiger partial charge < -0.3 is 0 Å². The first-order valence-electron chi connectivity index (χ1n) is 4.26. The molecule has 1 saturated carbocycles. The van der Waals surface area contributed by atoms with Crippen LogP contribution in [-0.4, -0.2) is 0 Å². The molecule has 1 radical (unpaired) electrons. The van der Waals surface area contributed by atoms with Crippen molar-refractivity contribution in [2.24, 2.45) is 5.92 Å². The Morgan fingerprint density at radius 1 is 1.09 bits per heavy atom. The van der Waals surface area contributed by atoms with Crippen LogP contribution in [0, 0.1) is 12.8 Å². The minimum Gasteiger partial charge on any atom is -0.0622 e. The van der Waals surface area contributed by atoms with Gasteiger partial charge in [0.15, 0.2) is 0 Å². The van der Waals surface area contributed by atoms with E-state index in [4.69, 9.17) is 0 Å². The highest BCUT2D eigenvalue weighted by atomic mass is 14.3. The van der Waals surface area contributed by atoms with E-state index in [2.05, 4.69) is 37.3 Å². The van der Waals surface area contributed by atoms with Crippen molar-refractivity contribution in [1.82, 2.24) is 0 Å². The lowest BCUT2D eigenvalue weighted by Crippen LogP contribution is -2.20. The zero-order valence-electron chi connectivity index (χ0n) is 6.66. The molecule has 0 heteroatoms. The summed E-state index contributed by atoms with van der Waals surface area (Å²) in [6, 6.07) is 10.7. The number of hydrogen-bond acceptors (Lipinski definition) is 0. The van der Waals surface area contributed by atoms with E-state index in [1.54, 1.807) is 0 Å². The molecule has 11 heavy (non-hydrogen) atoms. The summed E-state index contributed by atoms with van der Waals surface area (Å²) in [7, 11) is 0. The molecule has 1 aromatic carbocycles. The van der Waals surface area contributed by atoms with Gasteiger partial charge in [0.05, 0.1) is 0 Å². The van der Waals surface area contributed by atoms with E-state index in [9.17, 15) is 0 Å². The standard InChI is InChI=1S/C11H13/c1-9-7-8-11(9)10-5-3-2-4-6-10/h2-6,9,11H,1,7-8H2/t9-,11-/m0/s1. The lowest BCUT2D eigenvalue weighted by molar-refractivity contribution is 0.313. The first-order valence-corrected chi connectivity index (χ1v) is 4.26. The third kappa shape index (κ3) is 1.18. The molecule has 0 aliphatic heterocycles. The molecule has 2 atom stereocenters. The second-order valence-corrected chi connectivity index (χ2v) is 3.35. The highest BCUT2D eigenvalue weighted by molar-refractivity contribution is 5.22. The molecule has 0 unspecified atom stereocenters. The van der Waals surface area contributed by atoms with Crippen LogP contribution in [-0.2, 0) is 0 Å². The van der Waals surface area contributed by atoms with Crippen LogP contribution in [0.25, 0.3) is 0 Å². The van der Waals surface area contributed by atoms with Crippen molar-refractivity contribution in [3.05, 3.63) is 42.8 Å². The Balaban J connectivity index is 2.17. The molecule has 0 saturated heterocycles. The second kappa shape index (κ2) is 2.69. The molecule has 0 aromatic heterocycles. The van der Waals surface area contributed by atoms with Crippen molar-refractivity contribution < 1.29 is 0 Å². The third-order valence-corrected chi connectivity index (χ3v) is 2.65. The van der Waals surface area contributed by atoms with E-state index in [1.807, 2.05) is 0 Å². The maximum Gasteiger partial charge on any atom is -0.0133 e. The van der Waals surface area contributed by atoms with Gasteiger partial charge in [0.25, 0.3) is 0 Å². The summed E-state index contributed by atoms with van der Waals surface area (Å²) in [4.78, 5) is 0. The van der Waals surface area contributed by atoms with Crippen molar-refractivity contribution in [3.63, 3.8) is 0 Å². The SMILES string of the molecule is [CH2][C@H]1CC[C@@H]1c1ccccc1. The van der Waals surface area contributed by atoms with Crippen LogP contribution in [0.1, 0.15) is 24.3 Å². The van der Waals surface area contributed by atoms with Gasteiger partial charge in [0, 0.05) is 0 Å². The highest BCUT2D eigenvalue weighted by Crippen LogP contribution is 2.41. The van der Waals surface area contributed by atoms with Crippen molar-refractivity contribution in [2.75, 3.05) is 0 Å². The number of rotatable bonds is 1. The zero-order valence-corrected chi connectivity index (χ0v) is 6.66. The van der Waals surface area contributed by atoms with E-state index in [1.165, 1.54) is 18.4 Å². The molecule has 0 N–H and O–H groups in total. The number of benzene rings is 1. The molecular weight excluding hydrogens is 132 g/mol. The summed E-state index contributed by atoms with van der Waals surface area (Å²) >= 11 is 0. The zero-order chi connectivity index (χ0) is 7.68. The normalized spacial score (nSPS) is 29.5. The lowest BCUT2D eigenvalue weighted by Gasteiger charge is -2.34. The molecule has 57 valence electrons. The Bertz CT molecular complexity index is 225. The van der Waals surface area contributed by atoms with Gasteiger partial charge in [-0.1, -0.05) is 30.3 Å². The van der Waals surface area contributed by atoms with Gasteiger partial charge in [-0.15, -0.1) is 0 Å². The minimum absolute atomic E-state index is 0.664. The average Bonchev–Trinajstić information content (AvgIpc) is 2.04. The Kier molecular flexibility index (Phi) is 1.69. The summed E-state index contributed by atoms with van der Waals surface area (Å²) in [6.07, 6.45) is 2.64. The molecule has 1 fully saturated rings. The summed E-state index contributed by atoms with van der Waals surface area (Å²) in [5.74, 6) is 1.41. The van der Waals surface area contributed by atoms with Crippen molar-refractivity contribution >= 4 is 0 Å². The predicted molar refractivity (Wildman–Crippen MR) is 47.3 cm³/mol. The average molecular weight is 145 g/mol. The molecule has 1 aromatic rings. The van der Waals surface area contributed by atoms with Gasteiger partial charge in [-0.3, -0.25) is 0 Å². The van der Waals surface area contributed by atoms with E-state index in [0.717, 1.165) is 5.92 Å². The third-order valence-electron chi connectivity index (χ3n) is 2.65. The van der Waals surface area contributed by atoms with Crippen LogP contribution in [0.4, 0.5) is 0 Å². The van der Waals surface area contributed by atoms with Gasteiger partial charge in [0.1, 0.15) is 0 Å². The molecule has 0 bridgehead atoms. The van der Waals surface area contributed by atoms with Crippen molar-refractivity contribution in [2.45, 2.75) is 18.8 Å². The Hall–Kier alpha value is -0.780. The monoisotopic (exact) mass is 145 g/mol. The maximum atomic E-state index is 4.10. The molecule has 1 aliphatic rings. The first kappa shape index (κ1) is 6.90. The minimum atomic E-state index is 0.664. The van der Waals surface area contributed by atoms with Gasteiger partial charge in [-0.2, -0.15) is 0 Å². The van der Waals surface area contributed by atoms with Crippen LogP contribution in [0.15, 0.2) is 30.3 Å². The fourth-order valence-corrected chi connectivity index (χ4v) is 1.71. The lowest BCUT2D eigenvalue weighted by atomic mass is 9.71. The molecule has 0 heterocycles. The predicted octanol–water partition coefficient (Wildman–Crippen LogP) is 3.01. The van der Waals surface area contributed by atoms with Gasteiger partial charge in [-0.25, -0.2) is 0 Å². The van der Waals surface area contributed by atoms with Crippen LogP contribution < -0.4 is 0 Å². The smallest absolute Gasteiger partial charge is 0.0133 e. The van der Waals surface area contributed by atoms with E-state index in [-0.39, 0.29) is 0 Å². The van der Waals surface area contributed by atoms with Crippen LogP contribution in [0.3, 0.4) is 0 Å². The first-order chi connectivity index (χ1) is 5.38. The van der Waals surface area contributed by atoms with Gasteiger partial charge in [0.2, 0.25) is 0 Å². The van der Waals surface area contributed by atoms with E-state index in [0.29, 0.717) is 5.92 Å². The molecular formula is C11H13. The topological polar surface area (TPSA) is 0 Å². The van der Waals surface area contributed by atoms with Crippen molar-refractivity contribution in [3.8, 4) is 0 Å². The summed E-state index contributed by atoms with van der Waals surface area (Å²) in [5, 5.41) is 0. The van der Waals surface area contributed by atoms with Crippen LogP contribution in [0.5, 0.6) is 0 Å². The molecule has 0 amide bonds.